The van der Waals surface area contributed by atoms with Crippen molar-refractivity contribution >= 4 is 11.7 Å². The Balaban J connectivity index is 1.84. The van der Waals surface area contributed by atoms with Crippen molar-refractivity contribution in [2.75, 3.05) is 12.3 Å². The molecule has 0 aliphatic heterocycles. The molecule has 0 saturated heterocycles. The van der Waals surface area contributed by atoms with Crippen LogP contribution in [0.5, 0.6) is 0 Å². The predicted octanol–water partition coefficient (Wildman–Crippen LogP) is 0.572. The van der Waals surface area contributed by atoms with Crippen molar-refractivity contribution < 1.29 is 9.42 Å². The minimum absolute atomic E-state index is 0.0407. The highest BCUT2D eigenvalue weighted by atomic mass is 16.6. The highest BCUT2D eigenvalue weighted by Crippen LogP contribution is 2.23. The Morgan fingerprint density at radius 1 is 1.47 bits per heavy atom. The van der Waals surface area contributed by atoms with Crippen LogP contribution in [0.15, 0.2) is 4.63 Å². The van der Waals surface area contributed by atoms with Gasteiger partial charge in [-0.2, -0.15) is 0 Å². The SMILES string of the molecule is Nc1nonc1C(=O)NCC1CCCC1. The third-order valence-corrected chi connectivity index (χ3v) is 2.76. The molecule has 1 aromatic heterocycles. The summed E-state index contributed by atoms with van der Waals surface area (Å²) in [5, 5.41) is 9.57. The molecule has 0 spiro atoms. The van der Waals surface area contributed by atoms with Crippen molar-refractivity contribution in [3.8, 4) is 0 Å². The van der Waals surface area contributed by atoms with E-state index in [-0.39, 0.29) is 17.4 Å². The summed E-state index contributed by atoms with van der Waals surface area (Å²) in [4.78, 5) is 11.5. The van der Waals surface area contributed by atoms with E-state index in [4.69, 9.17) is 5.73 Å². The fourth-order valence-corrected chi connectivity index (χ4v) is 1.89. The number of nitrogens with two attached hydrogens (primary N) is 1. The van der Waals surface area contributed by atoms with Crippen molar-refractivity contribution in [3.05, 3.63) is 5.69 Å². The fraction of sp³-hybridized carbons (Fsp3) is 0.667. The van der Waals surface area contributed by atoms with Crippen LogP contribution in [0, 0.1) is 5.92 Å². The van der Waals surface area contributed by atoms with Gasteiger partial charge >= 0.3 is 0 Å². The average Bonchev–Trinajstić information content (AvgIpc) is 2.84. The van der Waals surface area contributed by atoms with E-state index < -0.39 is 0 Å². The minimum Gasteiger partial charge on any atom is -0.379 e. The van der Waals surface area contributed by atoms with Crippen LogP contribution in [0.1, 0.15) is 36.2 Å². The molecule has 1 fully saturated rings. The molecule has 15 heavy (non-hydrogen) atoms. The van der Waals surface area contributed by atoms with Gasteiger partial charge in [0.05, 0.1) is 0 Å². The van der Waals surface area contributed by atoms with Gasteiger partial charge in [0.15, 0.2) is 0 Å². The van der Waals surface area contributed by atoms with Crippen LogP contribution in [-0.2, 0) is 0 Å². The molecule has 82 valence electrons. The first-order valence-corrected chi connectivity index (χ1v) is 5.13. The van der Waals surface area contributed by atoms with Gasteiger partial charge in [-0.05, 0) is 29.1 Å². The molecule has 0 radical (unpaired) electrons. The van der Waals surface area contributed by atoms with Crippen LogP contribution >= 0.6 is 0 Å². The van der Waals surface area contributed by atoms with E-state index in [0.29, 0.717) is 12.5 Å². The summed E-state index contributed by atoms with van der Waals surface area (Å²) in [6.07, 6.45) is 4.89. The van der Waals surface area contributed by atoms with Gasteiger partial charge in [-0.25, -0.2) is 4.63 Å². The zero-order chi connectivity index (χ0) is 10.7. The molecule has 2 rings (SSSR count). The molecule has 0 bridgehead atoms. The van der Waals surface area contributed by atoms with Crippen LogP contribution < -0.4 is 11.1 Å². The Hall–Kier alpha value is -1.59. The topological polar surface area (TPSA) is 94.0 Å². The molecule has 1 aliphatic rings. The first-order chi connectivity index (χ1) is 7.27. The molecule has 1 heterocycles. The zero-order valence-electron chi connectivity index (χ0n) is 8.40. The van der Waals surface area contributed by atoms with Crippen molar-refractivity contribution in [2.24, 2.45) is 5.92 Å². The molecular weight excluding hydrogens is 196 g/mol. The van der Waals surface area contributed by atoms with Gasteiger partial charge in [0.2, 0.25) is 11.5 Å². The Kier molecular flexibility index (Phi) is 2.84. The lowest BCUT2D eigenvalue weighted by Crippen LogP contribution is -2.29. The number of carbonyl (C=O) groups excluding carboxylic acids is 1. The molecule has 0 unspecified atom stereocenters. The summed E-state index contributed by atoms with van der Waals surface area (Å²) in [6.45, 7) is 0.686. The van der Waals surface area contributed by atoms with Crippen molar-refractivity contribution in [2.45, 2.75) is 25.7 Å². The van der Waals surface area contributed by atoms with Crippen molar-refractivity contribution in [1.29, 1.82) is 0 Å². The van der Waals surface area contributed by atoms with Crippen LogP contribution in [0.25, 0.3) is 0 Å². The number of carbonyl (C=O) groups is 1. The quantitative estimate of drug-likeness (QED) is 0.760. The normalized spacial score (nSPS) is 16.8. The number of aromatic nitrogens is 2. The summed E-state index contributed by atoms with van der Waals surface area (Å²) in [7, 11) is 0. The largest absolute Gasteiger partial charge is 0.379 e. The molecule has 1 saturated carbocycles. The molecular formula is C9H14N4O2. The van der Waals surface area contributed by atoms with Crippen molar-refractivity contribution in [3.63, 3.8) is 0 Å². The van der Waals surface area contributed by atoms with Crippen molar-refractivity contribution in [1.82, 2.24) is 15.6 Å². The van der Waals surface area contributed by atoms with E-state index in [1.165, 1.54) is 25.7 Å². The summed E-state index contributed by atoms with van der Waals surface area (Å²) in [5.41, 5.74) is 5.47. The van der Waals surface area contributed by atoms with Crippen LogP contribution in [-0.4, -0.2) is 22.8 Å². The Labute approximate surface area is 87.2 Å². The fourth-order valence-electron chi connectivity index (χ4n) is 1.89. The van der Waals surface area contributed by atoms with Crippen LogP contribution in [0.2, 0.25) is 0 Å². The maximum Gasteiger partial charge on any atom is 0.277 e. The Bertz CT molecular complexity index is 344. The number of nitrogen functional groups attached to an aromatic ring is 1. The lowest BCUT2D eigenvalue weighted by molar-refractivity contribution is 0.0938. The molecule has 1 aromatic rings. The zero-order valence-corrected chi connectivity index (χ0v) is 8.40. The third kappa shape index (κ3) is 2.26. The number of amides is 1. The van der Waals surface area contributed by atoms with E-state index in [2.05, 4.69) is 20.3 Å². The lowest BCUT2D eigenvalue weighted by atomic mass is 10.1. The summed E-state index contributed by atoms with van der Waals surface area (Å²) in [5.74, 6) is 0.328. The first kappa shape index (κ1) is 9.95. The van der Waals surface area contributed by atoms with Crippen LogP contribution in [0.3, 0.4) is 0 Å². The van der Waals surface area contributed by atoms with Gasteiger partial charge < -0.3 is 11.1 Å². The van der Waals surface area contributed by atoms with E-state index >= 15 is 0 Å². The number of hydrogen-bond acceptors (Lipinski definition) is 5. The standard InChI is InChI=1S/C9H14N4O2/c10-8-7(12-15-13-8)9(14)11-5-6-3-1-2-4-6/h6H,1-5H2,(H2,10,13)(H,11,14). The molecule has 3 N–H and O–H groups in total. The van der Waals surface area contributed by atoms with E-state index in [1.54, 1.807) is 0 Å². The molecule has 0 aromatic carbocycles. The molecule has 1 amide bonds. The second-order valence-electron chi connectivity index (χ2n) is 3.86. The number of nitrogens with zero attached hydrogens (tertiary/aromatic N) is 2. The Morgan fingerprint density at radius 2 is 2.20 bits per heavy atom. The maximum absolute atomic E-state index is 11.5. The van der Waals surface area contributed by atoms with Gasteiger partial charge in [-0.3, -0.25) is 4.79 Å². The lowest BCUT2D eigenvalue weighted by Gasteiger charge is -2.08. The third-order valence-electron chi connectivity index (χ3n) is 2.76. The van der Waals surface area contributed by atoms with Crippen LogP contribution in [0.4, 0.5) is 5.82 Å². The predicted molar refractivity (Wildman–Crippen MR) is 53.0 cm³/mol. The number of rotatable bonds is 3. The highest BCUT2D eigenvalue weighted by Gasteiger charge is 2.19. The van der Waals surface area contributed by atoms with E-state index in [9.17, 15) is 4.79 Å². The second-order valence-corrected chi connectivity index (χ2v) is 3.86. The van der Waals surface area contributed by atoms with E-state index in [1.807, 2.05) is 0 Å². The minimum atomic E-state index is -0.305. The summed E-state index contributed by atoms with van der Waals surface area (Å²) >= 11 is 0. The van der Waals surface area contributed by atoms with Gasteiger partial charge in [-0.1, -0.05) is 12.8 Å². The maximum atomic E-state index is 11.5. The summed E-state index contributed by atoms with van der Waals surface area (Å²) < 4.78 is 4.35. The van der Waals surface area contributed by atoms with Gasteiger partial charge in [-0.15, -0.1) is 0 Å². The molecule has 6 nitrogen and oxygen atoms in total. The molecule has 6 heteroatoms. The summed E-state index contributed by atoms with van der Waals surface area (Å²) in [6, 6.07) is 0. The molecule has 1 aliphatic carbocycles. The van der Waals surface area contributed by atoms with E-state index in [0.717, 1.165) is 0 Å². The monoisotopic (exact) mass is 210 g/mol. The number of anilines is 1. The van der Waals surface area contributed by atoms with Gasteiger partial charge in [0, 0.05) is 6.54 Å². The second kappa shape index (κ2) is 4.29. The van der Waals surface area contributed by atoms with Gasteiger partial charge in [0.1, 0.15) is 0 Å². The van der Waals surface area contributed by atoms with Gasteiger partial charge in [0.25, 0.3) is 5.91 Å². The average molecular weight is 210 g/mol. The smallest absolute Gasteiger partial charge is 0.277 e. The first-order valence-electron chi connectivity index (χ1n) is 5.13. The highest BCUT2D eigenvalue weighted by molar-refractivity contribution is 5.95. The number of hydrogen-bond donors (Lipinski definition) is 2. The Morgan fingerprint density at radius 3 is 2.80 bits per heavy atom. The number of nitrogens with one attached hydrogen (secondary N) is 1. The molecule has 0 atom stereocenters.